The molecule has 0 saturated heterocycles. The molecule has 0 spiro atoms. The van der Waals surface area contributed by atoms with Gasteiger partial charge < -0.3 is 9.13 Å². The predicted octanol–water partition coefficient (Wildman–Crippen LogP) is 13.5. The van der Waals surface area contributed by atoms with Crippen LogP contribution in [0.4, 0.5) is 0 Å². The molecular weight excluding hydrogens is 641 g/mol. The van der Waals surface area contributed by atoms with Crippen LogP contribution in [0.2, 0.25) is 0 Å². The van der Waals surface area contributed by atoms with Gasteiger partial charge in [-0.2, -0.15) is 0 Å². The molecule has 0 unspecified atom stereocenters. The Balaban J connectivity index is 1.13. The molecule has 250 valence electrons. The monoisotopic (exact) mass is 676 g/mol. The summed E-state index contributed by atoms with van der Waals surface area (Å²) in [5.74, 6) is 0. The van der Waals surface area contributed by atoms with Crippen molar-refractivity contribution in [3.8, 4) is 44.8 Å². The second-order valence-electron chi connectivity index (χ2n) is 15.0. The van der Waals surface area contributed by atoms with Crippen LogP contribution in [0.3, 0.4) is 0 Å². The van der Waals surface area contributed by atoms with Crippen molar-refractivity contribution in [2.75, 3.05) is 0 Å². The molecule has 2 nitrogen and oxygen atoms in total. The van der Waals surface area contributed by atoms with Crippen molar-refractivity contribution in [2.45, 2.75) is 19.3 Å². The molecule has 0 aliphatic heterocycles. The molecule has 2 heteroatoms. The van der Waals surface area contributed by atoms with Gasteiger partial charge in [-0.3, -0.25) is 0 Å². The highest BCUT2D eigenvalue weighted by atomic mass is 15.0. The Hall–Kier alpha value is -6.64. The highest BCUT2D eigenvalue weighted by Crippen LogP contribution is 2.53. The predicted molar refractivity (Wildman–Crippen MR) is 224 cm³/mol. The van der Waals surface area contributed by atoms with Crippen molar-refractivity contribution in [3.63, 3.8) is 0 Å². The largest absolute Gasteiger partial charge is 0.309 e. The van der Waals surface area contributed by atoms with E-state index in [0.717, 1.165) is 5.69 Å². The first-order valence-electron chi connectivity index (χ1n) is 18.5. The van der Waals surface area contributed by atoms with E-state index >= 15 is 0 Å². The molecule has 11 rings (SSSR count). The van der Waals surface area contributed by atoms with Gasteiger partial charge in [-0.1, -0.05) is 135 Å². The maximum absolute atomic E-state index is 2.45. The highest BCUT2D eigenvalue weighted by molar-refractivity contribution is 6.19. The maximum atomic E-state index is 2.45. The van der Waals surface area contributed by atoms with Crippen LogP contribution in [0.1, 0.15) is 25.0 Å². The summed E-state index contributed by atoms with van der Waals surface area (Å²) in [4.78, 5) is 0. The Morgan fingerprint density at radius 3 is 1.66 bits per heavy atom. The lowest BCUT2D eigenvalue weighted by atomic mass is 9.82. The van der Waals surface area contributed by atoms with Gasteiger partial charge in [0.05, 0.1) is 22.1 Å². The minimum atomic E-state index is -0.0694. The summed E-state index contributed by atoms with van der Waals surface area (Å²) in [6.45, 7) is 4.74. The van der Waals surface area contributed by atoms with Gasteiger partial charge in [-0.15, -0.1) is 0 Å². The summed E-state index contributed by atoms with van der Waals surface area (Å²) in [7, 11) is 0. The third kappa shape index (κ3) is 4.33. The van der Waals surface area contributed by atoms with Crippen molar-refractivity contribution in [3.05, 3.63) is 193 Å². The van der Waals surface area contributed by atoms with Gasteiger partial charge in [0.15, 0.2) is 0 Å². The lowest BCUT2D eigenvalue weighted by molar-refractivity contribution is 0.661. The van der Waals surface area contributed by atoms with E-state index in [1.807, 2.05) is 0 Å². The normalized spacial score (nSPS) is 13.2. The summed E-state index contributed by atoms with van der Waals surface area (Å²) >= 11 is 0. The van der Waals surface area contributed by atoms with Gasteiger partial charge >= 0.3 is 0 Å². The highest BCUT2D eigenvalue weighted by Gasteiger charge is 2.37. The Bertz CT molecular complexity index is 3050. The number of hydrogen-bond acceptors (Lipinski definition) is 0. The van der Waals surface area contributed by atoms with Gasteiger partial charge in [0.1, 0.15) is 0 Å². The van der Waals surface area contributed by atoms with Gasteiger partial charge in [-0.05, 0) is 105 Å². The van der Waals surface area contributed by atoms with Gasteiger partial charge in [0.25, 0.3) is 0 Å². The van der Waals surface area contributed by atoms with Crippen LogP contribution in [0.5, 0.6) is 0 Å². The zero-order chi connectivity index (χ0) is 35.3. The van der Waals surface area contributed by atoms with E-state index in [9.17, 15) is 0 Å². The maximum Gasteiger partial charge on any atom is 0.0547 e. The smallest absolute Gasteiger partial charge is 0.0547 e. The molecule has 0 atom stereocenters. The summed E-state index contributed by atoms with van der Waals surface area (Å²) in [5, 5.41) is 5.13. The van der Waals surface area contributed by atoms with E-state index in [1.165, 1.54) is 93.8 Å². The molecule has 0 fully saturated rings. The van der Waals surface area contributed by atoms with E-state index in [2.05, 4.69) is 205 Å². The number of fused-ring (bicyclic) bond motifs is 10. The number of benzene rings is 8. The van der Waals surface area contributed by atoms with E-state index in [4.69, 9.17) is 0 Å². The molecule has 53 heavy (non-hydrogen) atoms. The fourth-order valence-electron chi connectivity index (χ4n) is 9.20. The van der Waals surface area contributed by atoms with Crippen LogP contribution in [0, 0.1) is 0 Å². The van der Waals surface area contributed by atoms with E-state index in [-0.39, 0.29) is 5.41 Å². The minimum absolute atomic E-state index is 0.0694. The molecule has 0 bridgehead atoms. The Kier molecular flexibility index (Phi) is 6.33. The zero-order valence-corrected chi connectivity index (χ0v) is 29.7. The lowest BCUT2D eigenvalue weighted by Crippen LogP contribution is -2.14. The first-order chi connectivity index (χ1) is 26.1. The van der Waals surface area contributed by atoms with Crippen molar-refractivity contribution < 1.29 is 0 Å². The molecule has 10 aromatic rings. The molecular formula is C51H36N2. The first-order valence-corrected chi connectivity index (χ1v) is 18.5. The van der Waals surface area contributed by atoms with Crippen LogP contribution < -0.4 is 0 Å². The molecule has 0 amide bonds. The Morgan fingerprint density at radius 2 is 0.887 bits per heavy atom. The number of rotatable bonds is 4. The molecule has 1 aliphatic carbocycles. The quantitative estimate of drug-likeness (QED) is 0.176. The van der Waals surface area contributed by atoms with Gasteiger partial charge in [0, 0.05) is 38.3 Å². The molecule has 0 radical (unpaired) electrons. The number of nitrogens with zero attached hydrogens (tertiary/aromatic N) is 2. The molecule has 0 saturated carbocycles. The molecule has 2 heterocycles. The van der Waals surface area contributed by atoms with Gasteiger partial charge in [0.2, 0.25) is 0 Å². The van der Waals surface area contributed by atoms with Crippen molar-refractivity contribution in [1.82, 2.24) is 9.13 Å². The topological polar surface area (TPSA) is 9.86 Å². The van der Waals surface area contributed by atoms with Crippen LogP contribution in [0.25, 0.3) is 88.4 Å². The third-order valence-corrected chi connectivity index (χ3v) is 11.7. The van der Waals surface area contributed by atoms with Crippen LogP contribution in [0.15, 0.2) is 182 Å². The first kappa shape index (κ1) is 30.0. The molecule has 1 aliphatic rings. The van der Waals surface area contributed by atoms with Crippen molar-refractivity contribution >= 4 is 43.6 Å². The van der Waals surface area contributed by atoms with Crippen LogP contribution >= 0.6 is 0 Å². The number of aromatic nitrogens is 2. The fourth-order valence-corrected chi connectivity index (χ4v) is 9.20. The molecule has 8 aromatic carbocycles. The average molecular weight is 677 g/mol. The third-order valence-electron chi connectivity index (χ3n) is 11.7. The summed E-state index contributed by atoms with van der Waals surface area (Å²) in [6.07, 6.45) is 0. The molecule has 2 aromatic heterocycles. The van der Waals surface area contributed by atoms with E-state index < -0.39 is 0 Å². The Morgan fingerprint density at radius 1 is 0.358 bits per heavy atom. The Labute approximate surface area is 308 Å². The second-order valence-corrected chi connectivity index (χ2v) is 15.0. The number of para-hydroxylation sites is 2. The van der Waals surface area contributed by atoms with Crippen LogP contribution in [-0.4, -0.2) is 9.13 Å². The summed E-state index contributed by atoms with van der Waals surface area (Å²) in [5.41, 5.74) is 17.6. The van der Waals surface area contributed by atoms with E-state index in [1.54, 1.807) is 0 Å². The number of hydrogen-bond donors (Lipinski definition) is 0. The zero-order valence-electron chi connectivity index (χ0n) is 29.7. The van der Waals surface area contributed by atoms with Crippen molar-refractivity contribution in [2.24, 2.45) is 0 Å². The lowest BCUT2D eigenvalue weighted by Gasteiger charge is -2.21. The van der Waals surface area contributed by atoms with E-state index in [0.29, 0.717) is 0 Å². The summed E-state index contributed by atoms with van der Waals surface area (Å²) in [6, 6.07) is 67.0. The minimum Gasteiger partial charge on any atom is -0.309 e. The second kappa shape index (κ2) is 11.2. The standard InChI is InChI=1S/C51H36N2/c1-51(2)43-19-11-9-18-40(43)49-44(51)27-30-48-50(49)42-32-36(24-29-47(42)53(48)37-15-7-4-8-16-37)35-23-28-46-41(31-35)39-17-10-12-20-45(39)52(46)38-25-21-34(22-26-38)33-13-5-3-6-14-33/h3-32H,1-2H3. The average Bonchev–Trinajstić information content (AvgIpc) is 3.81. The van der Waals surface area contributed by atoms with Crippen LogP contribution in [-0.2, 0) is 5.41 Å². The van der Waals surface area contributed by atoms with Crippen molar-refractivity contribution in [1.29, 1.82) is 0 Å². The molecule has 0 N–H and O–H groups in total. The SMILES string of the molecule is CC1(C)c2ccccc2-c2c1ccc1c2c2cc(-c3ccc4c(c3)c3ccccc3n4-c3ccc(-c4ccccc4)cc3)ccc2n1-c1ccccc1. The van der Waals surface area contributed by atoms with Gasteiger partial charge in [-0.25, -0.2) is 0 Å². The fraction of sp³-hybridized carbons (Fsp3) is 0.0588. The summed E-state index contributed by atoms with van der Waals surface area (Å²) < 4.78 is 4.85.